The predicted molar refractivity (Wildman–Crippen MR) is 112 cm³/mol. The molecule has 1 fully saturated rings. The largest absolute Gasteiger partial charge is 0.486 e. The molecule has 1 saturated heterocycles. The number of amides is 2. The molecule has 2 amide bonds. The Kier molecular flexibility index (Phi) is 6.24. The number of benzene rings is 2. The Morgan fingerprint density at radius 3 is 2.59 bits per heavy atom. The van der Waals surface area contributed by atoms with E-state index in [2.05, 4.69) is 5.32 Å². The molecule has 0 bridgehead atoms. The van der Waals surface area contributed by atoms with Crippen molar-refractivity contribution in [3.8, 4) is 11.5 Å². The van der Waals surface area contributed by atoms with E-state index in [-0.39, 0.29) is 18.4 Å². The van der Waals surface area contributed by atoms with Crippen molar-refractivity contribution in [2.45, 2.75) is 35.5 Å². The molecule has 2 aromatic carbocycles. The fourth-order valence-corrected chi connectivity index (χ4v) is 4.37. The maximum absolute atomic E-state index is 12.7. The lowest BCUT2D eigenvalue weighted by atomic mass is 10.2. The molecule has 0 unspecified atom stereocenters. The van der Waals surface area contributed by atoms with Crippen molar-refractivity contribution in [2.24, 2.45) is 0 Å². The fraction of sp³-hybridized carbons (Fsp3) is 0.364. The Bertz CT molecular complexity index is 888. The molecule has 152 valence electrons. The number of ether oxygens (including phenoxy) is 2. The van der Waals surface area contributed by atoms with Crippen molar-refractivity contribution >= 4 is 29.3 Å². The van der Waals surface area contributed by atoms with E-state index >= 15 is 0 Å². The van der Waals surface area contributed by atoms with Crippen LogP contribution < -0.4 is 14.8 Å². The molecule has 0 saturated carbocycles. The number of fused-ring (bicyclic) bond motifs is 1. The van der Waals surface area contributed by atoms with E-state index in [9.17, 15) is 9.59 Å². The van der Waals surface area contributed by atoms with Gasteiger partial charge in [-0.1, -0.05) is 36.4 Å². The van der Waals surface area contributed by atoms with Crippen molar-refractivity contribution in [1.29, 1.82) is 0 Å². The van der Waals surface area contributed by atoms with Gasteiger partial charge in [-0.05, 0) is 25.0 Å². The Balaban J connectivity index is 1.54. The number of carbonyl (C=O) groups is 2. The Morgan fingerprint density at radius 2 is 1.79 bits per heavy atom. The van der Waals surface area contributed by atoms with Crippen molar-refractivity contribution in [3.05, 3.63) is 42.5 Å². The van der Waals surface area contributed by atoms with Crippen LogP contribution in [-0.2, 0) is 9.59 Å². The van der Waals surface area contributed by atoms with Gasteiger partial charge < -0.3 is 19.7 Å². The van der Waals surface area contributed by atoms with Gasteiger partial charge in [0.15, 0.2) is 11.5 Å². The average Bonchev–Trinajstić information content (AvgIpc) is 2.93. The van der Waals surface area contributed by atoms with Gasteiger partial charge in [0.25, 0.3) is 0 Å². The number of rotatable bonds is 5. The first-order valence-corrected chi connectivity index (χ1v) is 10.7. The zero-order valence-corrected chi connectivity index (χ0v) is 17.0. The minimum atomic E-state index is -0.202. The van der Waals surface area contributed by atoms with E-state index in [1.807, 2.05) is 42.5 Å². The SMILES string of the molecule is O=C(CN1CCCCCC1=O)Nc1cc2c(cc1Sc1ccccc1)OCCO2. The average molecular weight is 413 g/mol. The van der Waals surface area contributed by atoms with Gasteiger partial charge in [-0.3, -0.25) is 9.59 Å². The number of nitrogens with one attached hydrogen (secondary N) is 1. The van der Waals surface area contributed by atoms with E-state index in [1.165, 1.54) is 0 Å². The maximum atomic E-state index is 12.7. The van der Waals surface area contributed by atoms with Gasteiger partial charge in [-0.25, -0.2) is 0 Å². The van der Waals surface area contributed by atoms with Crippen LogP contribution >= 0.6 is 11.8 Å². The zero-order chi connectivity index (χ0) is 20.1. The second-order valence-corrected chi connectivity index (χ2v) is 8.20. The van der Waals surface area contributed by atoms with Crippen LogP contribution in [0.3, 0.4) is 0 Å². The Morgan fingerprint density at radius 1 is 1.03 bits per heavy atom. The minimum Gasteiger partial charge on any atom is -0.486 e. The molecule has 7 heteroatoms. The lowest BCUT2D eigenvalue weighted by Gasteiger charge is -2.23. The lowest BCUT2D eigenvalue weighted by molar-refractivity contribution is -0.134. The highest BCUT2D eigenvalue weighted by Gasteiger charge is 2.22. The van der Waals surface area contributed by atoms with Crippen LogP contribution in [-0.4, -0.2) is 43.0 Å². The normalized spacial score (nSPS) is 16.3. The first-order chi connectivity index (χ1) is 14.2. The third kappa shape index (κ3) is 5.03. The van der Waals surface area contributed by atoms with Crippen molar-refractivity contribution in [3.63, 3.8) is 0 Å². The second-order valence-electron chi connectivity index (χ2n) is 7.08. The van der Waals surface area contributed by atoms with Gasteiger partial charge >= 0.3 is 0 Å². The standard InChI is InChI=1S/C22H24N2O4S/c25-21(15-24-10-6-2-5-9-22(24)26)23-17-13-18-19(28-12-11-27-18)14-20(17)29-16-7-3-1-4-8-16/h1,3-4,7-8,13-14H,2,5-6,9-12,15H2,(H,23,25). The molecule has 1 N–H and O–H groups in total. The molecule has 2 aromatic rings. The van der Waals surface area contributed by atoms with Gasteiger partial charge in [0.2, 0.25) is 11.8 Å². The highest BCUT2D eigenvalue weighted by molar-refractivity contribution is 7.99. The van der Waals surface area contributed by atoms with Gasteiger partial charge in [-0.15, -0.1) is 0 Å². The summed E-state index contributed by atoms with van der Waals surface area (Å²) < 4.78 is 11.4. The fourth-order valence-electron chi connectivity index (χ4n) is 3.44. The van der Waals surface area contributed by atoms with Crippen LogP contribution in [0.25, 0.3) is 0 Å². The summed E-state index contributed by atoms with van der Waals surface area (Å²) in [6, 6.07) is 13.7. The van der Waals surface area contributed by atoms with Crippen LogP contribution in [0, 0.1) is 0 Å². The summed E-state index contributed by atoms with van der Waals surface area (Å²) in [4.78, 5) is 28.5. The maximum Gasteiger partial charge on any atom is 0.244 e. The summed E-state index contributed by atoms with van der Waals surface area (Å²) in [5, 5.41) is 2.98. The van der Waals surface area contributed by atoms with Gasteiger partial charge in [0.05, 0.1) is 12.2 Å². The van der Waals surface area contributed by atoms with E-state index in [4.69, 9.17) is 9.47 Å². The first kappa shape index (κ1) is 19.6. The van der Waals surface area contributed by atoms with Crippen molar-refractivity contribution in [1.82, 2.24) is 4.90 Å². The molecule has 0 aromatic heterocycles. The molecule has 0 spiro atoms. The van der Waals surface area contributed by atoms with Gasteiger partial charge in [-0.2, -0.15) is 0 Å². The molecule has 2 heterocycles. The molecule has 0 atom stereocenters. The van der Waals surface area contributed by atoms with E-state index in [1.54, 1.807) is 16.7 Å². The Labute approximate surface area is 174 Å². The first-order valence-electron chi connectivity index (χ1n) is 9.93. The third-order valence-corrected chi connectivity index (χ3v) is 5.96. The minimum absolute atomic E-state index is 0.0544. The van der Waals surface area contributed by atoms with Crippen molar-refractivity contribution in [2.75, 3.05) is 31.6 Å². The monoisotopic (exact) mass is 412 g/mol. The summed E-state index contributed by atoms with van der Waals surface area (Å²) in [7, 11) is 0. The molecule has 6 nitrogen and oxygen atoms in total. The molecule has 0 radical (unpaired) electrons. The van der Waals surface area contributed by atoms with Crippen molar-refractivity contribution < 1.29 is 19.1 Å². The topological polar surface area (TPSA) is 67.9 Å². The summed E-state index contributed by atoms with van der Waals surface area (Å²) in [5.41, 5.74) is 0.662. The molecule has 4 rings (SSSR count). The van der Waals surface area contributed by atoms with E-state index < -0.39 is 0 Å². The van der Waals surface area contributed by atoms with E-state index in [0.29, 0.717) is 43.4 Å². The second kappa shape index (κ2) is 9.22. The highest BCUT2D eigenvalue weighted by atomic mass is 32.2. The van der Waals surface area contributed by atoms with Gasteiger partial charge in [0, 0.05) is 34.9 Å². The predicted octanol–water partition coefficient (Wildman–Crippen LogP) is 3.95. The van der Waals surface area contributed by atoms with Crippen LogP contribution in [0.1, 0.15) is 25.7 Å². The number of nitrogens with zero attached hydrogens (tertiary/aromatic N) is 1. The highest BCUT2D eigenvalue weighted by Crippen LogP contribution is 2.42. The number of likely N-dealkylation sites (tertiary alicyclic amines) is 1. The molecule has 2 aliphatic rings. The van der Waals surface area contributed by atoms with Crippen LogP contribution in [0.5, 0.6) is 11.5 Å². The number of carbonyl (C=O) groups excluding carboxylic acids is 2. The number of anilines is 1. The zero-order valence-electron chi connectivity index (χ0n) is 16.2. The van der Waals surface area contributed by atoms with E-state index in [0.717, 1.165) is 29.1 Å². The molecule has 2 aliphatic heterocycles. The van der Waals surface area contributed by atoms with Gasteiger partial charge in [0.1, 0.15) is 13.2 Å². The molecule has 29 heavy (non-hydrogen) atoms. The summed E-state index contributed by atoms with van der Waals surface area (Å²) in [5.74, 6) is 1.15. The molecule has 0 aliphatic carbocycles. The van der Waals surface area contributed by atoms with Crippen LogP contribution in [0.2, 0.25) is 0 Å². The number of hydrogen-bond donors (Lipinski definition) is 1. The Hall–Kier alpha value is -2.67. The quantitative estimate of drug-likeness (QED) is 0.805. The molecular weight excluding hydrogens is 388 g/mol. The smallest absolute Gasteiger partial charge is 0.244 e. The summed E-state index contributed by atoms with van der Waals surface area (Å²) >= 11 is 1.55. The van der Waals surface area contributed by atoms with Crippen LogP contribution in [0.4, 0.5) is 5.69 Å². The van der Waals surface area contributed by atoms with Crippen LogP contribution in [0.15, 0.2) is 52.3 Å². The lowest BCUT2D eigenvalue weighted by Crippen LogP contribution is -2.37. The third-order valence-electron chi connectivity index (χ3n) is 4.90. The molecular formula is C22H24N2O4S. The summed E-state index contributed by atoms with van der Waals surface area (Å²) in [6.45, 7) is 1.70. The number of hydrogen-bond acceptors (Lipinski definition) is 5. The summed E-state index contributed by atoms with van der Waals surface area (Å²) in [6.07, 6.45) is 3.39.